The van der Waals surface area contributed by atoms with E-state index in [0.29, 0.717) is 83.2 Å². The SMILES string of the molecule is Cc1cc2cc(-c3c4c(nc(CCc5ccc(F)cc5)c3-c3n[nH]c(=O)o3)C3COCCN3C4=O)sc2c(NC2CCc3cc(F)c(F)cc32)n1. The van der Waals surface area contributed by atoms with E-state index in [0.717, 1.165) is 26.9 Å². The van der Waals surface area contributed by atoms with Gasteiger partial charge >= 0.3 is 5.76 Å². The molecule has 2 atom stereocenters. The zero-order valence-electron chi connectivity index (χ0n) is 27.2. The van der Waals surface area contributed by atoms with Crippen LogP contribution in [-0.4, -0.2) is 50.7 Å². The second kappa shape index (κ2) is 12.2. The number of morpholine rings is 1. The van der Waals surface area contributed by atoms with Crippen LogP contribution in [0, 0.1) is 24.4 Å². The number of aromatic nitrogens is 4. The summed E-state index contributed by atoms with van der Waals surface area (Å²) in [6.45, 7) is 2.96. The van der Waals surface area contributed by atoms with E-state index in [-0.39, 0.29) is 30.3 Å². The molecule has 258 valence electrons. The molecular weight excluding hydrogens is 682 g/mol. The van der Waals surface area contributed by atoms with Crippen LogP contribution in [0.4, 0.5) is 19.0 Å². The molecule has 0 spiro atoms. The first-order chi connectivity index (χ1) is 24.7. The van der Waals surface area contributed by atoms with Crippen molar-refractivity contribution in [3.63, 3.8) is 0 Å². The number of amides is 1. The molecule has 9 rings (SSSR count). The fourth-order valence-electron chi connectivity index (χ4n) is 7.55. The summed E-state index contributed by atoms with van der Waals surface area (Å²) in [7, 11) is 0. The summed E-state index contributed by atoms with van der Waals surface area (Å²) in [5.74, 6) is -2.48. The number of aromatic amines is 1. The lowest BCUT2D eigenvalue weighted by Gasteiger charge is -2.29. The number of carbonyl (C=O) groups excluding carboxylic acids is 1. The van der Waals surface area contributed by atoms with Crippen molar-refractivity contribution in [2.45, 2.75) is 44.7 Å². The predicted octanol–water partition coefficient (Wildman–Crippen LogP) is 6.84. The number of thiophene rings is 1. The quantitative estimate of drug-likeness (QED) is 0.185. The zero-order valence-corrected chi connectivity index (χ0v) is 28.0. The number of halogens is 3. The van der Waals surface area contributed by atoms with Crippen molar-refractivity contribution in [3.05, 3.63) is 116 Å². The van der Waals surface area contributed by atoms with Crippen molar-refractivity contribution in [2.24, 2.45) is 0 Å². The molecule has 1 amide bonds. The van der Waals surface area contributed by atoms with E-state index < -0.39 is 23.4 Å². The van der Waals surface area contributed by atoms with Gasteiger partial charge in [-0.3, -0.25) is 9.78 Å². The molecule has 0 saturated carbocycles. The molecule has 0 radical (unpaired) electrons. The Labute approximate surface area is 292 Å². The number of aryl methyl sites for hydroxylation is 4. The average Bonchev–Trinajstić information content (AvgIpc) is 3.90. The molecule has 1 aliphatic carbocycles. The fourth-order valence-corrected chi connectivity index (χ4v) is 8.70. The number of nitrogens with zero attached hydrogens (tertiary/aromatic N) is 4. The van der Waals surface area contributed by atoms with Crippen LogP contribution in [0.2, 0.25) is 0 Å². The van der Waals surface area contributed by atoms with Gasteiger partial charge in [-0.2, -0.15) is 0 Å². The van der Waals surface area contributed by atoms with Crippen LogP contribution in [-0.2, 0) is 24.0 Å². The second-order valence-corrected chi connectivity index (χ2v) is 14.1. The molecule has 6 heterocycles. The third kappa shape index (κ3) is 5.40. The van der Waals surface area contributed by atoms with Crippen LogP contribution < -0.4 is 11.1 Å². The average molecular weight is 711 g/mol. The third-order valence-electron chi connectivity index (χ3n) is 9.88. The van der Waals surface area contributed by atoms with Gasteiger partial charge in [0, 0.05) is 22.7 Å². The monoisotopic (exact) mass is 710 g/mol. The largest absolute Gasteiger partial charge is 0.434 e. The van der Waals surface area contributed by atoms with Gasteiger partial charge in [-0.05, 0) is 91.1 Å². The molecule has 4 aromatic heterocycles. The van der Waals surface area contributed by atoms with E-state index in [9.17, 15) is 22.8 Å². The Morgan fingerprint density at radius 1 is 1.00 bits per heavy atom. The molecule has 3 aliphatic rings. The second-order valence-electron chi connectivity index (χ2n) is 13.0. The molecule has 6 aromatic rings. The summed E-state index contributed by atoms with van der Waals surface area (Å²) in [5.41, 5.74) is 5.55. The number of pyridine rings is 2. The highest BCUT2D eigenvalue weighted by Gasteiger charge is 2.44. The van der Waals surface area contributed by atoms with Gasteiger partial charge in [0.1, 0.15) is 11.6 Å². The number of carbonyl (C=O) groups is 1. The van der Waals surface area contributed by atoms with Crippen LogP contribution in [0.25, 0.3) is 32.0 Å². The maximum absolute atomic E-state index is 14.3. The summed E-state index contributed by atoms with van der Waals surface area (Å²) in [6.07, 6.45) is 2.10. The maximum Gasteiger partial charge on any atom is 0.434 e. The van der Waals surface area contributed by atoms with Crippen LogP contribution in [0.5, 0.6) is 0 Å². The van der Waals surface area contributed by atoms with E-state index in [1.165, 1.54) is 35.6 Å². The Bertz CT molecular complexity index is 2440. The molecular formula is C37H29F3N6O4S. The Hall–Kier alpha value is -5.34. The Balaban J connectivity index is 1.23. The highest BCUT2D eigenvalue weighted by Crippen LogP contribution is 2.49. The minimum absolute atomic E-state index is 0.00439. The highest BCUT2D eigenvalue weighted by molar-refractivity contribution is 7.23. The van der Waals surface area contributed by atoms with Crippen molar-refractivity contribution in [1.29, 1.82) is 0 Å². The molecule has 2 N–H and O–H groups in total. The predicted molar refractivity (Wildman–Crippen MR) is 183 cm³/mol. The first-order valence-electron chi connectivity index (χ1n) is 16.6. The van der Waals surface area contributed by atoms with E-state index >= 15 is 0 Å². The number of ether oxygens (including phenoxy) is 1. The molecule has 2 unspecified atom stereocenters. The first-order valence-corrected chi connectivity index (χ1v) is 17.4. The minimum Gasteiger partial charge on any atom is -0.388 e. The van der Waals surface area contributed by atoms with Gasteiger partial charge in [0.05, 0.1) is 52.5 Å². The number of rotatable bonds is 7. The van der Waals surface area contributed by atoms with E-state index in [4.69, 9.17) is 19.1 Å². The highest BCUT2D eigenvalue weighted by atomic mass is 32.1. The van der Waals surface area contributed by atoms with Crippen molar-refractivity contribution in [1.82, 2.24) is 25.1 Å². The van der Waals surface area contributed by atoms with E-state index in [2.05, 4.69) is 15.5 Å². The smallest absolute Gasteiger partial charge is 0.388 e. The van der Waals surface area contributed by atoms with Crippen molar-refractivity contribution in [3.8, 4) is 21.9 Å². The molecule has 10 nitrogen and oxygen atoms in total. The van der Waals surface area contributed by atoms with Crippen LogP contribution in [0.3, 0.4) is 0 Å². The standard InChI is InChI=1S/C37H29F3N6O4S/c1-17-12-20-14-28(51-33(20)34(41-17)43-25-9-5-19-13-23(39)24(40)15-22(19)25)30-29(35-44-45-37(48)50-35)26(8-4-18-2-6-21(38)7-3-18)42-32-27-16-49-11-10-46(27)36(47)31(30)32/h2-3,6-7,12-15,25,27H,4-5,8-11,16H2,1H3,(H,41,43)(H,45,48). The Morgan fingerprint density at radius 2 is 1.82 bits per heavy atom. The maximum atomic E-state index is 14.3. The van der Waals surface area contributed by atoms with Crippen molar-refractivity contribution < 1.29 is 27.1 Å². The van der Waals surface area contributed by atoms with Gasteiger partial charge in [0.15, 0.2) is 11.6 Å². The van der Waals surface area contributed by atoms with E-state index in [1.54, 1.807) is 17.0 Å². The van der Waals surface area contributed by atoms with Crippen LogP contribution >= 0.6 is 11.3 Å². The third-order valence-corrected chi connectivity index (χ3v) is 11.1. The van der Waals surface area contributed by atoms with Gasteiger partial charge in [-0.15, -0.1) is 16.4 Å². The topological polar surface area (TPSA) is 126 Å². The van der Waals surface area contributed by atoms with Crippen molar-refractivity contribution in [2.75, 3.05) is 25.1 Å². The molecule has 1 saturated heterocycles. The molecule has 0 bridgehead atoms. The van der Waals surface area contributed by atoms with E-state index in [1.807, 2.05) is 19.1 Å². The molecule has 51 heavy (non-hydrogen) atoms. The summed E-state index contributed by atoms with van der Waals surface area (Å²) < 4.78 is 54.2. The normalized spacial score (nSPS) is 18.0. The molecule has 2 aromatic carbocycles. The number of benzene rings is 2. The lowest BCUT2D eigenvalue weighted by molar-refractivity contribution is 0.00352. The van der Waals surface area contributed by atoms with Gasteiger partial charge < -0.3 is 19.4 Å². The first kappa shape index (κ1) is 31.6. The van der Waals surface area contributed by atoms with Gasteiger partial charge in [0.25, 0.3) is 11.8 Å². The molecule has 1 fully saturated rings. The number of fused-ring (bicyclic) bond motifs is 5. The van der Waals surface area contributed by atoms with Crippen LogP contribution in [0.15, 0.2) is 57.7 Å². The number of nitrogens with one attached hydrogen (secondary N) is 2. The number of hydrogen-bond acceptors (Lipinski definition) is 9. The molecule has 14 heteroatoms. The van der Waals surface area contributed by atoms with Gasteiger partial charge in [-0.25, -0.2) is 28.0 Å². The summed E-state index contributed by atoms with van der Waals surface area (Å²) >= 11 is 1.41. The van der Waals surface area contributed by atoms with Crippen LogP contribution in [0.1, 0.15) is 62.6 Å². The summed E-state index contributed by atoms with van der Waals surface area (Å²) in [6, 6.07) is 12.0. The lowest BCUT2D eigenvalue weighted by Crippen LogP contribution is -2.38. The Kier molecular flexibility index (Phi) is 7.54. The zero-order chi connectivity index (χ0) is 35.0. The number of hydrogen-bond donors (Lipinski definition) is 2. The minimum atomic E-state index is -0.895. The fraction of sp³-hybridized carbons (Fsp3) is 0.270. The summed E-state index contributed by atoms with van der Waals surface area (Å²) in [4.78, 5) is 39.0. The van der Waals surface area contributed by atoms with Gasteiger partial charge in [0.2, 0.25) is 0 Å². The van der Waals surface area contributed by atoms with Crippen molar-refractivity contribution >= 4 is 33.1 Å². The number of anilines is 1. The lowest BCUT2D eigenvalue weighted by atomic mass is 9.93. The van der Waals surface area contributed by atoms with Gasteiger partial charge in [-0.1, -0.05) is 12.1 Å². The molecule has 2 aliphatic heterocycles. The Morgan fingerprint density at radius 3 is 2.63 bits per heavy atom. The summed E-state index contributed by atoms with van der Waals surface area (Å²) in [5, 5.41) is 10.9. The number of H-pyrrole nitrogens is 1.